The zero-order chi connectivity index (χ0) is 25.2. The molecule has 0 aliphatic rings. The van der Waals surface area contributed by atoms with Crippen LogP contribution in [0.25, 0.3) is 21.8 Å². The number of fused-ring (bicyclic) bond motifs is 3. The fraction of sp³-hybridized carbons (Fsp3) is 0.286. The van der Waals surface area contributed by atoms with E-state index in [-0.39, 0.29) is 18.2 Å². The smallest absolute Gasteiger partial charge is 0.334 e. The summed E-state index contributed by atoms with van der Waals surface area (Å²) in [5.41, 5.74) is 6.94. The number of carbonyl (C=O) groups excluding carboxylic acids is 3. The molecule has 2 aromatic carbocycles. The molecule has 0 radical (unpaired) electrons. The summed E-state index contributed by atoms with van der Waals surface area (Å²) >= 11 is 0. The van der Waals surface area contributed by atoms with Crippen LogP contribution in [0.5, 0.6) is 0 Å². The Morgan fingerprint density at radius 1 is 1.00 bits per heavy atom. The van der Waals surface area contributed by atoms with E-state index < -0.39 is 23.2 Å². The molecule has 180 valence electrons. The predicted molar refractivity (Wildman–Crippen MR) is 135 cm³/mol. The lowest BCUT2D eigenvalue weighted by molar-refractivity contribution is -0.149. The van der Waals surface area contributed by atoms with Crippen molar-refractivity contribution in [3.8, 4) is 0 Å². The Morgan fingerprint density at radius 2 is 1.69 bits per heavy atom. The average Bonchev–Trinajstić information content (AvgIpc) is 3.20. The number of hydrogen-bond acceptors (Lipinski definition) is 6. The van der Waals surface area contributed by atoms with Crippen molar-refractivity contribution in [1.82, 2.24) is 9.55 Å². The Bertz CT molecular complexity index is 1410. The monoisotopic (exact) mass is 471 g/mol. The van der Waals surface area contributed by atoms with Crippen LogP contribution in [0.15, 0.2) is 66.9 Å². The molecule has 35 heavy (non-hydrogen) atoms. The van der Waals surface area contributed by atoms with Gasteiger partial charge in [0.2, 0.25) is 11.7 Å². The van der Waals surface area contributed by atoms with E-state index in [1.54, 1.807) is 31.4 Å². The second-order valence-corrected chi connectivity index (χ2v) is 8.89. The summed E-state index contributed by atoms with van der Waals surface area (Å²) in [5, 5.41) is 1.51. The van der Waals surface area contributed by atoms with Gasteiger partial charge in [-0.15, -0.1) is 0 Å². The first-order valence-electron chi connectivity index (χ1n) is 11.8. The highest BCUT2D eigenvalue weighted by Gasteiger charge is 2.47. The van der Waals surface area contributed by atoms with Gasteiger partial charge in [0.15, 0.2) is 5.54 Å². The van der Waals surface area contributed by atoms with Crippen LogP contribution in [0.2, 0.25) is 0 Å². The van der Waals surface area contributed by atoms with Crippen LogP contribution in [-0.4, -0.2) is 39.4 Å². The van der Waals surface area contributed by atoms with E-state index in [1.807, 2.05) is 54.6 Å². The van der Waals surface area contributed by atoms with Gasteiger partial charge in [-0.25, -0.2) is 4.79 Å². The van der Waals surface area contributed by atoms with Gasteiger partial charge >= 0.3 is 5.97 Å². The highest BCUT2D eigenvalue weighted by atomic mass is 16.5. The molecule has 2 N–H and O–H groups in total. The molecule has 2 heterocycles. The van der Waals surface area contributed by atoms with E-state index in [0.29, 0.717) is 23.7 Å². The number of aryl methyl sites for hydroxylation is 1. The maximum Gasteiger partial charge on any atom is 0.334 e. The van der Waals surface area contributed by atoms with Crippen molar-refractivity contribution in [2.24, 2.45) is 11.7 Å². The van der Waals surface area contributed by atoms with E-state index in [9.17, 15) is 14.4 Å². The lowest BCUT2D eigenvalue weighted by Crippen LogP contribution is -2.59. The van der Waals surface area contributed by atoms with Gasteiger partial charge in [-0.05, 0) is 37.0 Å². The fourth-order valence-corrected chi connectivity index (χ4v) is 4.32. The van der Waals surface area contributed by atoms with E-state index in [4.69, 9.17) is 10.5 Å². The Kier molecular flexibility index (Phi) is 6.80. The van der Waals surface area contributed by atoms with Crippen LogP contribution in [0, 0.1) is 5.92 Å². The third-order valence-corrected chi connectivity index (χ3v) is 6.41. The molecule has 7 nitrogen and oxygen atoms in total. The number of ketones is 1. The van der Waals surface area contributed by atoms with Crippen LogP contribution >= 0.6 is 0 Å². The molecule has 1 unspecified atom stereocenters. The third kappa shape index (κ3) is 4.35. The van der Waals surface area contributed by atoms with Gasteiger partial charge in [-0.3, -0.25) is 19.1 Å². The Hall–Kier alpha value is -3.84. The van der Waals surface area contributed by atoms with Crippen molar-refractivity contribution < 1.29 is 19.1 Å². The maximum absolute atomic E-state index is 13.4. The molecule has 0 saturated carbocycles. The van der Waals surface area contributed by atoms with Crippen LogP contribution in [0.3, 0.4) is 0 Å². The van der Waals surface area contributed by atoms with Crippen LogP contribution in [-0.2, 0) is 16.0 Å². The summed E-state index contributed by atoms with van der Waals surface area (Å²) in [6.45, 7) is 5.18. The molecular weight excluding hydrogens is 442 g/mol. The second kappa shape index (κ2) is 9.80. The topological polar surface area (TPSA) is 104 Å². The number of rotatable bonds is 8. The van der Waals surface area contributed by atoms with Gasteiger partial charge in [0, 0.05) is 17.2 Å². The molecule has 0 spiro atoms. The highest BCUT2D eigenvalue weighted by molar-refractivity contribution is 6.19. The number of esters is 1. The lowest BCUT2D eigenvalue weighted by Gasteiger charge is -2.29. The molecular formula is C28H29N3O4. The standard InChI is InChI=1S/C28H29N3O4/c1-4-35-27(34)28(29,18(2)3)26(33)22-16-21-20-12-8-9-13-23(20)31(24(21)17-30-22)25(32)15-14-19-10-6-5-7-11-19/h5-13,16-18H,4,14-15,29H2,1-3H3. The van der Waals surface area contributed by atoms with Gasteiger partial charge in [-0.2, -0.15) is 0 Å². The van der Waals surface area contributed by atoms with Crippen molar-refractivity contribution in [2.75, 3.05) is 6.61 Å². The zero-order valence-corrected chi connectivity index (χ0v) is 20.2. The normalized spacial score (nSPS) is 13.2. The predicted octanol–water partition coefficient (Wildman–Crippen LogP) is 4.56. The SMILES string of the molecule is CCOC(=O)C(N)(C(=O)c1cc2c3ccccc3n(C(=O)CCc3ccccc3)c2cn1)C(C)C. The van der Waals surface area contributed by atoms with Crippen LogP contribution < -0.4 is 5.73 Å². The van der Waals surface area contributed by atoms with E-state index in [2.05, 4.69) is 4.98 Å². The van der Waals surface area contributed by atoms with E-state index in [0.717, 1.165) is 16.5 Å². The summed E-state index contributed by atoms with van der Waals surface area (Å²) in [6, 6.07) is 19.0. The summed E-state index contributed by atoms with van der Waals surface area (Å²) in [7, 11) is 0. The third-order valence-electron chi connectivity index (χ3n) is 6.41. The van der Waals surface area contributed by atoms with Crippen molar-refractivity contribution >= 4 is 39.5 Å². The molecule has 4 aromatic rings. The molecule has 7 heteroatoms. The first kappa shape index (κ1) is 24.3. The molecule has 0 saturated heterocycles. The van der Waals surface area contributed by atoms with Gasteiger partial charge in [0.05, 0.1) is 23.8 Å². The summed E-state index contributed by atoms with van der Waals surface area (Å²) < 4.78 is 6.76. The molecule has 0 aliphatic heterocycles. The minimum atomic E-state index is -1.86. The van der Waals surface area contributed by atoms with Gasteiger partial charge < -0.3 is 10.5 Å². The number of ether oxygens (including phenoxy) is 1. The summed E-state index contributed by atoms with van der Waals surface area (Å²) in [6.07, 6.45) is 2.44. The molecule has 0 fully saturated rings. The molecule has 1 atom stereocenters. The first-order valence-corrected chi connectivity index (χ1v) is 11.8. The van der Waals surface area contributed by atoms with Gasteiger partial charge in [0.25, 0.3) is 0 Å². The Balaban J connectivity index is 1.77. The quantitative estimate of drug-likeness (QED) is 0.229. The van der Waals surface area contributed by atoms with Crippen molar-refractivity contribution in [1.29, 1.82) is 0 Å². The number of para-hydroxylation sites is 1. The second-order valence-electron chi connectivity index (χ2n) is 8.89. The van der Waals surface area contributed by atoms with Gasteiger partial charge in [-0.1, -0.05) is 62.4 Å². The maximum atomic E-state index is 13.4. The Labute approximate surface area is 203 Å². The van der Waals surface area contributed by atoms with Crippen molar-refractivity contribution in [2.45, 2.75) is 39.2 Å². The molecule has 0 aliphatic carbocycles. The summed E-state index contributed by atoms with van der Waals surface area (Å²) in [4.78, 5) is 43.7. The zero-order valence-electron chi connectivity index (χ0n) is 20.2. The number of aromatic nitrogens is 2. The molecule has 0 amide bonds. The largest absolute Gasteiger partial charge is 0.464 e. The van der Waals surface area contributed by atoms with E-state index >= 15 is 0 Å². The van der Waals surface area contributed by atoms with Crippen LogP contribution in [0.4, 0.5) is 0 Å². The molecule has 2 aromatic heterocycles. The molecule has 0 bridgehead atoms. The van der Waals surface area contributed by atoms with Gasteiger partial charge in [0.1, 0.15) is 5.69 Å². The average molecular weight is 472 g/mol. The van der Waals surface area contributed by atoms with E-state index in [1.165, 1.54) is 6.20 Å². The number of hydrogen-bond donors (Lipinski definition) is 1. The first-order chi connectivity index (χ1) is 16.8. The highest BCUT2D eigenvalue weighted by Crippen LogP contribution is 2.31. The molecule has 4 rings (SSSR count). The lowest BCUT2D eigenvalue weighted by atomic mass is 9.81. The number of pyridine rings is 1. The number of benzene rings is 2. The number of Topliss-reactive ketones (excluding diaryl/α,β-unsaturated/α-hetero) is 1. The summed E-state index contributed by atoms with van der Waals surface area (Å²) in [5.74, 6) is -1.96. The number of nitrogens with two attached hydrogens (primary N) is 1. The fourth-order valence-electron chi connectivity index (χ4n) is 4.32. The Morgan fingerprint density at radius 3 is 2.37 bits per heavy atom. The van der Waals surface area contributed by atoms with Crippen LogP contribution in [0.1, 0.15) is 48.0 Å². The minimum absolute atomic E-state index is 0.0568. The van der Waals surface area contributed by atoms with Crippen molar-refractivity contribution in [3.63, 3.8) is 0 Å². The minimum Gasteiger partial charge on any atom is -0.464 e. The number of nitrogens with zero attached hydrogens (tertiary/aromatic N) is 2. The van der Waals surface area contributed by atoms with Crippen molar-refractivity contribution in [3.05, 3.63) is 78.1 Å². The number of carbonyl (C=O) groups is 3.